The van der Waals surface area contributed by atoms with Gasteiger partial charge < -0.3 is 19.0 Å². The predicted molar refractivity (Wildman–Crippen MR) is 91.5 cm³/mol. The molecule has 0 amide bonds. The van der Waals surface area contributed by atoms with Crippen LogP contribution in [0.25, 0.3) is 11.0 Å². The van der Waals surface area contributed by atoms with Crippen LogP contribution in [0.1, 0.15) is 45.8 Å². The number of ether oxygens (including phenoxy) is 2. The summed E-state index contributed by atoms with van der Waals surface area (Å²) in [6.45, 7) is 7.16. The minimum absolute atomic E-state index is 0.248. The molecule has 0 spiro atoms. The van der Waals surface area contributed by atoms with Crippen molar-refractivity contribution >= 4 is 16.9 Å². The first-order valence-corrected chi connectivity index (χ1v) is 8.39. The number of rotatable bonds is 3. The highest BCUT2D eigenvalue weighted by atomic mass is 16.6. The number of carbonyl (C=O) groups excluding carboxylic acids is 1. The van der Waals surface area contributed by atoms with Gasteiger partial charge in [0.2, 0.25) is 0 Å². The number of hydrogen-bond donors (Lipinski definition) is 1. The van der Waals surface area contributed by atoms with Crippen LogP contribution in [0.15, 0.2) is 33.5 Å². The summed E-state index contributed by atoms with van der Waals surface area (Å²) in [5, 5.41) is 11.6. The second-order valence-electron chi connectivity index (χ2n) is 6.97. The van der Waals surface area contributed by atoms with Crippen molar-refractivity contribution in [1.82, 2.24) is 0 Å². The fourth-order valence-electron chi connectivity index (χ4n) is 2.99. The van der Waals surface area contributed by atoms with Crippen molar-refractivity contribution in [1.29, 1.82) is 0 Å². The summed E-state index contributed by atoms with van der Waals surface area (Å²) in [6, 6.07) is 6.41. The molecule has 0 radical (unpaired) electrons. The molecule has 0 bridgehead atoms. The maximum Gasteiger partial charge on any atom is 0.336 e. The van der Waals surface area contributed by atoms with Gasteiger partial charge in [-0.3, -0.25) is 4.79 Å². The van der Waals surface area contributed by atoms with E-state index in [1.165, 1.54) is 6.07 Å². The number of carbonyl (C=O) groups is 1. The first-order valence-electron chi connectivity index (χ1n) is 8.39. The standard InChI is InChI=1S/C19H22O6/c1-5-10(2)18(22)24-17-15(21)14-12(25-19(17,3)4)8-6-11-7-9-13(20)23-16(11)14/h6-10,15,17,21H,5H2,1-4H3/t10-,15-,17+/m1/s1. The molecule has 6 heteroatoms. The van der Waals surface area contributed by atoms with E-state index in [-0.39, 0.29) is 11.5 Å². The highest BCUT2D eigenvalue weighted by Gasteiger charge is 2.47. The van der Waals surface area contributed by atoms with E-state index in [1.54, 1.807) is 39.0 Å². The summed E-state index contributed by atoms with van der Waals surface area (Å²) >= 11 is 0. The van der Waals surface area contributed by atoms with Crippen LogP contribution >= 0.6 is 0 Å². The lowest BCUT2D eigenvalue weighted by molar-refractivity contribution is -0.181. The van der Waals surface area contributed by atoms with E-state index in [0.717, 1.165) is 0 Å². The van der Waals surface area contributed by atoms with Crippen molar-refractivity contribution < 1.29 is 23.8 Å². The Kier molecular flexibility index (Phi) is 4.33. The van der Waals surface area contributed by atoms with Gasteiger partial charge in [0.1, 0.15) is 23.0 Å². The van der Waals surface area contributed by atoms with Crippen LogP contribution in [0, 0.1) is 5.92 Å². The van der Waals surface area contributed by atoms with Gasteiger partial charge in [-0.25, -0.2) is 4.79 Å². The summed E-state index contributed by atoms with van der Waals surface area (Å²) in [7, 11) is 0. The van der Waals surface area contributed by atoms with E-state index in [4.69, 9.17) is 13.9 Å². The Morgan fingerprint density at radius 3 is 2.68 bits per heavy atom. The molecule has 0 unspecified atom stereocenters. The molecule has 3 rings (SSSR count). The molecule has 0 saturated heterocycles. The molecule has 2 aromatic rings. The molecule has 1 aromatic heterocycles. The van der Waals surface area contributed by atoms with E-state index >= 15 is 0 Å². The van der Waals surface area contributed by atoms with Crippen LogP contribution in [-0.2, 0) is 9.53 Å². The van der Waals surface area contributed by atoms with Gasteiger partial charge in [-0.05, 0) is 38.5 Å². The molecule has 134 valence electrons. The molecule has 1 aromatic carbocycles. The van der Waals surface area contributed by atoms with E-state index in [1.807, 2.05) is 6.92 Å². The molecular formula is C19H22O6. The summed E-state index contributed by atoms with van der Waals surface area (Å²) in [4.78, 5) is 23.9. The Bertz CT molecular complexity index is 866. The zero-order valence-electron chi connectivity index (χ0n) is 14.7. The summed E-state index contributed by atoms with van der Waals surface area (Å²) < 4.78 is 16.8. The van der Waals surface area contributed by atoms with Gasteiger partial charge in [0.15, 0.2) is 6.10 Å². The number of aliphatic hydroxyl groups excluding tert-OH is 1. The Labute approximate surface area is 145 Å². The highest BCUT2D eigenvalue weighted by molar-refractivity contribution is 5.83. The van der Waals surface area contributed by atoms with Crippen molar-refractivity contribution in [3.05, 3.63) is 40.2 Å². The van der Waals surface area contributed by atoms with Crippen LogP contribution in [0.5, 0.6) is 5.75 Å². The quantitative estimate of drug-likeness (QED) is 0.679. The molecule has 1 N–H and O–H groups in total. The van der Waals surface area contributed by atoms with Gasteiger partial charge in [0, 0.05) is 11.5 Å². The lowest BCUT2D eigenvalue weighted by atomic mass is 9.87. The van der Waals surface area contributed by atoms with Crippen LogP contribution in [0.2, 0.25) is 0 Å². The summed E-state index contributed by atoms with van der Waals surface area (Å²) in [6.07, 6.45) is -1.45. The van der Waals surface area contributed by atoms with Crippen molar-refractivity contribution in [3.8, 4) is 5.75 Å². The zero-order chi connectivity index (χ0) is 18.4. The molecule has 1 aliphatic heterocycles. The molecule has 0 aliphatic carbocycles. The van der Waals surface area contributed by atoms with Crippen LogP contribution in [0.4, 0.5) is 0 Å². The van der Waals surface area contributed by atoms with Gasteiger partial charge in [-0.2, -0.15) is 0 Å². The molecule has 1 aliphatic rings. The van der Waals surface area contributed by atoms with Gasteiger partial charge in [-0.15, -0.1) is 0 Å². The first-order chi connectivity index (χ1) is 11.7. The van der Waals surface area contributed by atoms with E-state index < -0.39 is 29.4 Å². The molecule has 0 saturated carbocycles. The van der Waals surface area contributed by atoms with Crippen molar-refractivity contribution in [3.63, 3.8) is 0 Å². The highest BCUT2D eigenvalue weighted by Crippen LogP contribution is 2.44. The molecule has 2 heterocycles. The maximum absolute atomic E-state index is 12.2. The third-order valence-corrected chi connectivity index (χ3v) is 4.69. The minimum atomic E-state index is -1.17. The predicted octanol–water partition coefficient (Wildman–Crippen LogP) is 2.96. The van der Waals surface area contributed by atoms with Crippen molar-refractivity contribution in [2.45, 2.75) is 51.9 Å². The summed E-state index contributed by atoms with van der Waals surface area (Å²) in [5.74, 6) is -0.265. The number of benzene rings is 1. The largest absolute Gasteiger partial charge is 0.483 e. The molecule has 6 nitrogen and oxygen atoms in total. The second-order valence-corrected chi connectivity index (χ2v) is 6.97. The molecule has 0 fully saturated rings. The molecule has 25 heavy (non-hydrogen) atoms. The topological polar surface area (TPSA) is 86.0 Å². The lowest BCUT2D eigenvalue weighted by Crippen LogP contribution is -2.51. The lowest BCUT2D eigenvalue weighted by Gasteiger charge is -2.42. The van der Waals surface area contributed by atoms with E-state index in [9.17, 15) is 14.7 Å². The molecular weight excluding hydrogens is 324 g/mol. The number of aliphatic hydroxyl groups is 1. The molecule has 3 atom stereocenters. The normalized spacial score (nSPS) is 22.8. The van der Waals surface area contributed by atoms with Gasteiger partial charge in [0.25, 0.3) is 0 Å². The third-order valence-electron chi connectivity index (χ3n) is 4.69. The average Bonchev–Trinajstić information content (AvgIpc) is 2.56. The van der Waals surface area contributed by atoms with Crippen LogP contribution in [-0.4, -0.2) is 22.8 Å². The second kappa shape index (κ2) is 6.19. The minimum Gasteiger partial charge on any atom is -0.483 e. The van der Waals surface area contributed by atoms with Gasteiger partial charge in [0.05, 0.1) is 11.5 Å². The Morgan fingerprint density at radius 2 is 2.00 bits per heavy atom. The number of esters is 1. The fraction of sp³-hybridized carbons (Fsp3) is 0.474. The first kappa shape index (κ1) is 17.5. The smallest absolute Gasteiger partial charge is 0.336 e. The van der Waals surface area contributed by atoms with Gasteiger partial charge >= 0.3 is 11.6 Å². The average molecular weight is 346 g/mol. The Morgan fingerprint density at radius 1 is 1.32 bits per heavy atom. The fourth-order valence-corrected chi connectivity index (χ4v) is 2.99. The van der Waals surface area contributed by atoms with Crippen molar-refractivity contribution in [2.24, 2.45) is 5.92 Å². The van der Waals surface area contributed by atoms with Crippen molar-refractivity contribution in [2.75, 3.05) is 0 Å². The monoisotopic (exact) mass is 346 g/mol. The zero-order valence-corrected chi connectivity index (χ0v) is 14.7. The van der Waals surface area contributed by atoms with E-state index in [2.05, 4.69) is 0 Å². The third kappa shape index (κ3) is 3.02. The summed E-state index contributed by atoms with van der Waals surface area (Å²) in [5.41, 5.74) is -0.877. The van der Waals surface area contributed by atoms with Gasteiger partial charge in [-0.1, -0.05) is 13.8 Å². The maximum atomic E-state index is 12.2. The van der Waals surface area contributed by atoms with Crippen LogP contribution < -0.4 is 10.4 Å². The number of hydrogen-bond acceptors (Lipinski definition) is 6. The Balaban J connectivity index is 2.09. The van der Waals surface area contributed by atoms with E-state index in [0.29, 0.717) is 23.1 Å². The van der Waals surface area contributed by atoms with Crippen LogP contribution in [0.3, 0.4) is 0 Å². The number of fused-ring (bicyclic) bond motifs is 3. The SMILES string of the molecule is CC[C@@H](C)C(=O)O[C@H]1[C@H](O)c2c(ccc3ccc(=O)oc23)OC1(C)C. The Hall–Kier alpha value is -2.34.